The van der Waals surface area contributed by atoms with Gasteiger partial charge in [0.05, 0.1) is 42.5 Å². The van der Waals surface area contributed by atoms with E-state index in [4.69, 9.17) is 4.74 Å². The minimum Gasteiger partial charge on any atom is -0.506 e. The van der Waals surface area contributed by atoms with E-state index in [1.54, 1.807) is 23.5 Å². The molecule has 246 valence electrons. The lowest BCUT2D eigenvalue weighted by atomic mass is 9.89. The molecule has 0 bridgehead atoms. The zero-order valence-corrected chi connectivity index (χ0v) is 27.3. The molecule has 1 atom stereocenters. The average molecular weight is 651 g/mol. The first kappa shape index (κ1) is 32.6. The highest BCUT2D eigenvalue weighted by Gasteiger charge is 2.41. The van der Waals surface area contributed by atoms with Crippen LogP contribution < -0.4 is 10.6 Å². The largest absolute Gasteiger partial charge is 0.506 e. The van der Waals surface area contributed by atoms with Crippen LogP contribution >= 0.6 is 11.3 Å². The van der Waals surface area contributed by atoms with Crippen LogP contribution in [-0.4, -0.2) is 83.3 Å². The van der Waals surface area contributed by atoms with Gasteiger partial charge in [-0.15, -0.1) is 11.3 Å². The number of benzene rings is 2. The maximum absolute atomic E-state index is 15.6. The fraction of sp³-hybridized carbons (Fsp3) is 0.486. The number of amides is 2. The third-order valence-corrected chi connectivity index (χ3v) is 10.7. The molecule has 9 nitrogen and oxygen atoms in total. The van der Waals surface area contributed by atoms with E-state index in [-0.39, 0.29) is 41.9 Å². The van der Waals surface area contributed by atoms with Crippen LogP contribution in [0.15, 0.2) is 41.8 Å². The Morgan fingerprint density at radius 1 is 1.17 bits per heavy atom. The molecule has 0 unspecified atom stereocenters. The molecule has 2 aromatic carbocycles. The molecule has 6 rings (SSSR count). The first-order valence-electron chi connectivity index (χ1n) is 16.2. The third-order valence-electron chi connectivity index (χ3n) is 9.49. The average Bonchev–Trinajstić information content (AvgIpc) is 3.70. The molecule has 46 heavy (non-hydrogen) atoms. The highest BCUT2D eigenvalue weighted by Crippen LogP contribution is 2.37. The quantitative estimate of drug-likeness (QED) is 0.188. The number of aliphatic hydroxyl groups is 1. The Kier molecular flexibility index (Phi) is 9.77. The number of halogens is 1. The highest BCUT2D eigenvalue weighted by atomic mass is 32.1. The predicted molar refractivity (Wildman–Crippen MR) is 176 cm³/mol. The van der Waals surface area contributed by atoms with Crippen molar-refractivity contribution in [2.75, 3.05) is 51.2 Å². The number of phenols is 1. The molecule has 1 spiro atoms. The molecule has 0 saturated carbocycles. The van der Waals surface area contributed by atoms with Gasteiger partial charge in [0.15, 0.2) is 0 Å². The van der Waals surface area contributed by atoms with E-state index in [0.29, 0.717) is 73.1 Å². The van der Waals surface area contributed by atoms with Crippen LogP contribution in [0, 0.1) is 5.82 Å². The summed E-state index contributed by atoms with van der Waals surface area (Å²) in [7, 11) is 0. The lowest BCUT2D eigenvalue weighted by Gasteiger charge is -2.47. The summed E-state index contributed by atoms with van der Waals surface area (Å²) in [5.74, 6) is 0.0495. The molecule has 11 heteroatoms. The van der Waals surface area contributed by atoms with Gasteiger partial charge in [0, 0.05) is 48.5 Å². The molecule has 0 aliphatic carbocycles. The van der Waals surface area contributed by atoms with Crippen molar-refractivity contribution in [2.45, 2.75) is 63.7 Å². The number of carbonyl (C=O) groups excluding carboxylic acids is 2. The molecule has 2 saturated heterocycles. The maximum atomic E-state index is 15.6. The molecule has 4 heterocycles. The van der Waals surface area contributed by atoms with Gasteiger partial charge in [-0.05, 0) is 60.5 Å². The Morgan fingerprint density at radius 3 is 2.72 bits per heavy atom. The van der Waals surface area contributed by atoms with Crippen molar-refractivity contribution in [3.63, 3.8) is 0 Å². The number of ether oxygens (including phenoxy) is 1. The van der Waals surface area contributed by atoms with Crippen molar-refractivity contribution in [1.82, 2.24) is 15.1 Å². The van der Waals surface area contributed by atoms with E-state index in [1.807, 2.05) is 28.5 Å². The second-order valence-corrected chi connectivity index (χ2v) is 14.0. The number of aliphatic hydroxyl groups excluding tert-OH is 1. The number of thiophene rings is 1. The number of aromatic hydroxyl groups is 1. The number of fused-ring (bicyclic) bond motifs is 1. The Labute approximate surface area is 273 Å². The smallest absolute Gasteiger partial charge is 0.254 e. The summed E-state index contributed by atoms with van der Waals surface area (Å²) in [5, 5.41) is 28.6. The molecule has 0 radical (unpaired) electrons. The monoisotopic (exact) mass is 650 g/mol. The van der Waals surface area contributed by atoms with Gasteiger partial charge in [-0.1, -0.05) is 38.1 Å². The molecule has 1 aromatic heterocycles. The van der Waals surface area contributed by atoms with E-state index in [9.17, 15) is 19.8 Å². The minimum atomic E-state index is -0.868. The summed E-state index contributed by atoms with van der Waals surface area (Å²) in [6.45, 7) is 8.74. The van der Waals surface area contributed by atoms with Crippen LogP contribution in [0.25, 0.3) is 0 Å². The molecular weight excluding hydrogens is 607 g/mol. The van der Waals surface area contributed by atoms with Crippen molar-refractivity contribution < 1.29 is 28.9 Å². The van der Waals surface area contributed by atoms with E-state index in [0.717, 1.165) is 31.5 Å². The Balaban J connectivity index is 0.985. The summed E-state index contributed by atoms with van der Waals surface area (Å²) in [5.41, 5.74) is 3.25. The number of rotatable bonds is 10. The van der Waals surface area contributed by atoms with Crippen LogP contribution in [0.4, 0.5) is 10.1 Å². The second kappa shape index (κ2) is 13.8. The summed E-state index contributed by atoms with van der Waals surface area (Å²) in [6.07, 6.45) is 1.29. The maximum Gasteiger partial charge on any atom is 0.254 e. The fourth-order valence-electron chi connectivity index (χ4n) is 6.79. The minimum absolute atomic E-state index is 0.0143. The van der Waals surface area contributed by atoms with Crippen molar-refractivity contribution in [1.29, 1.82) is 0 Å². The number of morpholine rings is 1. The first-order valence-corrected chi connectivity index (χ1v) is 17.0. The summed E-state index contributed by atoms with van der Waals surface area (Å²) in [4.78, 5) is 30.5. The molecule has 3 aliphatic rings. The number of phenolic OH excluding ortho intramolecular Hbond substituents is 1. The zero-order valence-electron chi connectivity index (χ0n) is 26.5. The van der Waals surface area contributed by atoms with Gasteiger partial charge < -0.3 is 30.5 Å². The standard InChI is InChI=1S/C35H43FN4O5S/c1-22(2)30-16-25(20-46-30)34(44)40-14-15-45-35(21-40)9-12-39(13-10-35)19-24-5-3-4-23(32(24)36)8-11-37-18-29(42)26-6-7-28(41)33-27(26)17-31(43)38-33/h3-7,16,20,22,29,37,41-42H,8-15,17-19,21H2,1-2H3,(H,38,43)/t29-/m0/s1. The Hall–Kier alpha value is -3.35. The van der Waals surface area contributed by atoms with Crippen molar-refractivity contribution >= 4 is 28.8 Å². The van der Waals surface area contributed by atoms with E-state index in [2.05, 4.69) is 29.4 Å². The van der Waals surface area contributed by atoms with Crippen LogP contribution in [0.1, 0.15) is 76.2 Å². The van der Waals surface area contributed by atoms with Gasteiger partial charge in [0.25, 0.3) is 5.91 Å². The molecule has 3 aromatic rings. The molecule has 2 fully saturated rings. The molecular formula is C35H43FN4O5S. The lowest BCUT2D eigenvalue weighted by Crippen LogP contribution is -2.57. The number of anilines is 1. The lowest BCUT2D eigenvalue weighted by molar-refractivity contribution is -0.128. The number of carbonyl (C=O) groups is 2. The highest BCUT2D eigenvalue weighted by molar-refractivity contribution is 7.10. The zero-order chi connectivity index (χ0) is 32.4. The van der Waals surface area contributed by atoms with Crippen LogP contribution in [0.3, 0.4) is 0 Å². The summed E-state index contributed by atoms with van der Waals surface area (Å²) >= 11 is 1.64. The van der Waals surface area contributed by atoms with Gasteiger partial charge >= 0.3 is 0 Å². The number of hydrogen-bond donors (Lipinski definition) is 4. The van der Waals surface area contributed by atoms with E-state index in [1.165, 1.54) is 10.9 Å². The molecule has 2 amide bonds. The van der Waals surface area contributed by atoms with Crippen LogP contribution in [0.5, 0.6) is 5.75 Å². The van der Waals surface area contributed by atoms with Gasteiger partial charge in [0.1, 0.15) is 11.6 Å². The molecule has 3 aliphatic heterocycles. The number of piperidine rings is 1. The van der Waals surface area contributed by atoms with Gasteiger partial charge in [-0.3, -0.25) is 14.5 Å². The number of hydrogen-bond acceptors (Lipinski definition) is 8. The topological polar surface area (TPSA) is 114 Å². The van der Waals surface area contributed by atoms with Gasteiger partial charge in [-0.2, -0.15) is 0 Å². The van der Waals surface area contributed by atoms with Gasteiger partial charge in [-0.25, -0.2) is 4.39 Å². The predicted octanol–water partition coefficient (Wildman–Crippen LogP) is 4.58. The van der Waals surface area contributed by atoms with Crippen LogP contribution in [-0.2, 0) is 28.9 Å². The van der Waals surface area contributed by atoms with Crippen LogP contribution in [0.2, 0.25) is 0 Å². The van der Waals surface area contributed by atoms with Gasteiger partial charge in [0.2, 0.25) is 5.91 Å². The Bertz CT molecular complexity index is 1580. The number of nitrogens with one attached hydrogen (secondary N) is 2. The SMILES string of the molecule is CC(C)c1cc(C(=O)N2CCOC3(CCN(Cc4cccc(CCNC[C@H](O)c5ccc(O)c6c5CC(=O)N6)c4F)CC3)C2)cs1. The van der Waals surface area contributed by atoms with E-state index >= 15 is 4.39 Å². The normalized spacial score (nSPS) is 18.6. The fourth-order valence-corrected chi connectivity index (χ4v) is 7.69. The van der Waals surface area contributed by atoms with E-state index < -0.39 is 6.10 Å². The number of likely N-dealkylation sites (tertiary alicyclic amines) is 1. The first-order chi connectivity index (χ1) is 22.1. The second-order valence-electron chi connectivity index (χ2n) is 13.0. The molecule has 4 N–H and O–H groups in total. The van der Waals surface area contributed by atoms with Crippen molar-refractivity contribution in [3.8, 4) is 5.75 Å². The Morgan fingerprint density at radius 2 is 1.96 bits per heavy atom. The summed E-state index contributed by atoms with van der Waals surface area (Å²) in [6, 6.07) is 10.7. The number of nitrogens with zero attached hydrogens (tertiary/aromatic N) is 2. The van der Waals surface area contributed by atoms with Crippen molar-refractivity contribution in [2.24, 2.45) is 0 Å². The summed E-state index contributed by atoms with van der Waals surface area (Å²) < 4.78 is 21.9. The third kappa shape index (κ3) is 6.99. The van der Waals surface area contributed by atoms with Crippen molar-refractivity contribution in [3.05, 3.63) is 80.3 Å².